The van der Waals surface area contributed by atoms with Gasteiger partial charge in [-0.1, -0.05) is 19.1 Å². The highest BCUT2D eigenvalue weighted by atomic mass is 15.2. The van der Waals surface area contributed by atoms with E-state index in [0.717, 1.165) is 6.42 Å². The van der Waals surface area contributed by atoms with Crippen LogP contribution >= 0.6 is 0 Å². The summed E-state index contributed by atoms with van der Waals surface area (Å²) in [6, 6.07) is 4.53. The topological polar surface area (TPSA) is 24.7 Å². The first kappa shape index (κ1) is 12.6. The second-order valence-electron chi connectivity index (χ2n) is 4.36. The molecule has 0 N–H and O–H groups in total. The third-order valence-corrected chi connectivity index (χ3v) is 3.14. The van der Waals surface area contributed by atoms with E-state index in [9.17, 15) is 0 Å². The largest absolute Gasteiger partial charge is 0.167 e. The molecule has 1 atom stereocenters. The molecule has 0 saturated carbocycles. The van der Waals surface area contributed by atoms with Crippen LogP contribution in [0.25, 0.3) is 0 Å². The van der Waals surface area contributed by atoms with E-state index in [1.165, 1.54) is 22.3 Å². The van der Waals surface area contributed by atoms with Gasteiger partial charge in [0.25, 0.3) is 0 Å². The van der Waals surface area contributed by atoms with Gasteiger partial charge in [-0.2, -0.15) is 10.2 Å². The van der Waals surface area contributed by atoms with Gasteiger partial charge < -0.3 is 0 Å². The van der Waals surface area contributed by atoms with Crippen molar-refractivity contribution < 1.29 is 0 Å². The fourth-order valence-electron chi connectivity index (χ4n) is 1.75. The Bertz CT molecular complexity index is 382. The van der Waals surface area contributed by atoms with Gasteiger partial charge in [0.2, 0.25) is 0 Å². The molecule has 2 heteroatoms. The molecule has 1 rings (SSSR count). The van der Waals surface area contributed by atoms with Crippen molar-refractivity contribution in [2.24, 2.45) is 10.2 Å². The number of nitrogens with zero attached hydrogens (tertiary/aromatic N) is 2. The lowest BCUT2D eigenvalue weighted by molar-refractivity contribution is 0.807. The van der Waals surface area contributed by atoms with Gasteiger partial charge in [-0.3, -0.25) is 0 Å². The maximum absolute atomic E-state index is 3.79. The van der Waals surface area contributed by atoms with Crippen molar-refractivity contribution in [1.82, 2.24) is 0 Å². The van der Waals surface area contributed by atoms with E-state index >= 15 is 0 Å². The molecule has 0 fully saturated rings. The van der Waals surface area contributed by atoms with Gasteiger partial charge in [0.05, 0.1) is 0 Å². The van der Waals surface area contributed by atoms with Gasteiger partial charge in [0.15, 0.2) is 0 Å². The molecule has 0 bridgehead atoms. The lowest BCUT2D eigenvalue weighted by Crippen LogP contribution is -1.98. The SMILES string of the molecule is C=N/N=C/CC(C)c1cc(C)c(C)c(C)c1. The Morgan fingerprint density at radius 2 is 1.81 bits per heavy atom. The Labute approximate surface area is 98.1 Å². The maximum Gasteiger partial charge on any atom is 0.0276 e. The van der Waals surface area contributed by atoms with E-state index in [0.29, 0.717) is 5.92 Å². The van der Waals surface area contributed by atoms with E-state index in [-0.39, 0.29) is 0 Å². The van der Waals surface area contributed by atoms with Crippen LogP contribution in [0.5, 0.6) is 0 Å². The van der Waals surface area contributed by atoms with E-state index in [1.807, 2.05) is 6.21 Å². The third kappa shape index (κ3) is 3.02. The highest BCUT2D eigenvalue weighted by molar-refractivity contribution is 5.59. The average molecular weight is 216 g/mol. The van der Waals surface area contributed by atoms with Crippen LogP contribution in [-0.4, -0.2) is 12.9 Å². The molecule has 0 radical (unpaired) electrons. The maximum atomic E-state index is 3.79. The molecule has 0 aliphatic heterocycles. The van der Waals surface area contributed by atoms with E-state index < -0.39 is 0 Å². The third-order valence-electron chi connectivity index (χ3n) is 3.14. The quantitative estimate of drug-likeness (QED) is 0.540. The standard InChI is InChI=1S/C14H20N2/c1-10(6-7-16-15-5)14-8-11(2)13(4)12(3)9-14/h7-10H,5-6H2,1-4H3/b16-7+. The molecule has 1 aromatic carbocycles. The summed E-state index contributed by atoms with van der Waals surface area (Å²) in [5.41, 5.74) is 5.48. The second-order valence-corrected chi connectivity index (χ2v) is 4.36. The van der Waals surface area contributed by atoms with Crippen LogP contribution in [0.1, 0.15) is 41.5 Å². The molecule has 0 aliphatic rings. The Balaban J connectivity index is 2.87. The summed E-state index contributed by atoms with van der Waals surface area (Å²) in [7, 11) is 0. The summed E-state index contributed by atoms with van der Waals surface area (Å²) in [5, 5.41) is 7.26. The summed E-state index contributed by atoms with van der Waals surface area (Å²) >= 11 is 0. The number of benzene rings is 1. The van der Waals surface area contributed by atoms with Crippen LogP contribution < -0.4 is 0 Å². The van der Waals surface area contributed by atoms with Crippen LogP contribution in [0.3, 0.4) is 0 Å². The zero-order valence-electron chi connectivity index (χ0n) is 10.6. The minimum absolute atomic E-state index is 0.475. The van der Waals surface area contributed by atoms with Crippen molar-refractivity contribution in [1.29, 1.82) is 0 Å². The second kappa shape index (κ2) is 5.59. The van der Waals surface area contributed by atoms with Crippen molar-refractivity contribution in [3.63, 3.8) is 0 Å². The molecule has 0 amide bonds. The van der Waals surface area contributed by atoms with Crippen LogP contribution in [0.2, 0.25) is 0 Å². The normalized spacial score (nSPS) is 13.0. The van der Waals surface area contributed by atoms with Crippen LogP contribution in [-0.2, 0) is 0 Å². The molecule has 1 unspecified atom stereocenters. The zero-order chi connectivity index (χ0) is 12.1. The Hall–Kier alpha value is -1.44. The minimum atomic E-state index is 0.475. The molecule has 2 nitrogen and oxygen atoms in total. The number of hydrogen-bond acceptors (Lipinski definition) is 2. The number of aryl methyl sites for hydroxylation is 2. The van der Waals surface area contributed by atoms with Crippen LogP contribution in [0.4, 0.5) is 0 Å². The Morgan fingerprint density at radius 3 is 2.31 bits per heavy atom. The molecule has 0 heterocycles. The first-order chi connectivity index (χ1) is 7.56. The van der Waals surface area contributed by atoms with Gasteiger partial charge in [-0.15, -0.1) is 0 Å². The lowest BCUT2D eigenvalue weighted by atomic mass is 9.92. The van der Waals surface area contributed by atoms with Crippen molar-refractivity contribution in [3.05, 3.63) is 34.4 Å². The monoisotopic (exact) mass is 216 g/mol. The molecule has 16 heavy (non-hydrogen) atoms. The molecular weight excluding hydrogens is 196 g/mol. The van der Waals surface area contributed by atoms with Crippen LogP contribution in [0.15, 0.2) is 22.3 Å². The predicted molar refractivity (Wildman–Crippen MR) is 71.7 cm³/mol. The first-order valence-electron chi connectivity index (χ1n) is 5.61. The highest BCUT2D eigenvalue weighted by Crippen LogP contribution is 2.23. The van der Waals surface area contributed by atoms with Gasteiger partial charge in [0.1, 0.15) is 0 Å². The Kier molecular flexibility index (Phi) is 4.41. The van der Waals surface area contributed by atoms with Gasteiger partial charge in [-0.25, -0.2) is 0 Å². The minimum Gasteiger partial charge on any atom is -0.167 e. The fraction of sp³-hybridized carbons (Fsp3) is 0.429. The lowest BCUT2D eigenvalue weighted by Gasteiger charge is -2.13. The van der Waals surface area contributed by atoms with E-state index in [2.05, 4.69) is 56.7 Å². The molecular formula is C14H20N2. The number of rotatable bonds is 4. The predicted octanol–water partition coefficient (Wildman–Crippen LogP) is 3.79. The van der Waals surface area contributed by atoms with Gasteiger partial charge >= 0.3 is 0 Å². The highest BCUT2D eigenvalue weighted by Gasteiger charge is 2.07. The average Bonchev–Trinajstić information content (AvgIpc) is 2.25. The molecule has 0 spiro atoms. The first-order valence-corrected chi connectivity index (χ1v) is 5.61. The summed E-state index contributed by atoms with van der Waals surface area (Å²) in [6.07, 6.45) is 2.73. The molecule has 86 valence electrons. The molecule has 1 aromatic rings. The zero-order valence-corrected chi connectivity index (χ0v) is 10.6. The molecule has 0 saturated heterocycles. The molecule has 0 aliphatic carbocycles. The van der Waals surface area contributed by atoms with E-state index in [1.54, 1.807) is 0 Å². The van der Waals surface area contributed by atoms with E-state index in [4.69, 9.17) is 0 Å². The smallest absolute Gasteiger partial charge is 0.0276 e. The summed E-state index contributed by atoms with van der Waals surface area (Å²) in [4.78, 5) is 0. The molecule has 0 aromatic heterocycles. The summed E-state index contributed by atoms with van der Waals surface area (Å²) in [6.45, 7) is 12.0. The van der Waals surface area contributed by atoms with Gasteiger partial charge in [0, 0.05) is 12.9 Å². The van der Waals surface area contributed by atoms with Crippen molar-refractivity contribution in [2.45, 2.75) is 40.0 Å². The van der Waals surface area contributed by atoms with Crippen molar-refractivity contribution in [2.75, 3.05) is 0 Å². The van der Waals surface area contributed by atoms with Crippen LogP contribution in [0, 0.1) is 20.8 Å². The number of hydrogen-bond donors (Lipinski definition) is 0. The van der Waals surface area contributed by atoms with Gasteiger partial charge in [-0.05, 0) is 55.4 Å². The Morgan fingerprint density at radius 1 is 1.25 bits per heavy atom. The van der Waals surface area contributed by atoms with Crippen molar-refractivity contribution >= 4 is 12.9 Å². The van der Waals surface area contributed by atoms with Crippen molar-refractivity contribution in [3.8, 4) is 0 Å². The fourth-order valence-corrected chi connectivity index (χ4v) is 1.75. The summed E-state index contributed by atoms with van der Waals surface area (Å²) < 4.78 is 0. The summed E-state index contributed by atoms with van der Waals surface area (Å²) in [5.74, 6) is 0.475.